The van der Waals surface area contributed by atoms with E-state index in [9.17, 15) is 13.2 Å². The van der Waals surface area contributed by atoms with Crippen LogP contribution in [0.3, 0.4) is 0 Å². The standard InChI is InChI=1S/C7H5ClF3NO/c1-13-5-2-6(7(9,10)11)12-3-4(5)8/h2-3H,1H3. The number of aromatic nitrogens is 1. The van der Waals surface area contributed by atoms with Gasteiger partial charge >= 0.3 is 6.18 Å². The second kappa shape index (κ2) is 3.41. The molecule has 72 valence electrons. The minimum absolute atomic E-state index is 0.0380. The van der Waals surface area contributed by atoms with Gasteiger partial charge in [-0.2, -0.15) is 13.2 Å². The number of rotatable bonds is 1. The zero-order chi connectivity index (χ0) is 10.1. The highest BCUT2D eigenvalue weighted by atomic mass is 35.5. The Balaban J connectivity index is 3.14. The molecule has 1 rings (SSSR count). The maximum Gasteiger partial charge on any atom is 0.433 e. The SMILES string of the molecule is COc1cc(C(F)(F)F)ncc1Cl. The maximum atomic E-state index is 12.1. The number of nitrogens with zero attached hydrogens (tertiary/aromatic N) is 1. The van der Waals surface area contributed by atoms with Crippen molar-refractivity contribution in [2.45, 2.75) is 6.18 Å². The lowest BCUT2D eigenvalue weighted by atomic mass is 10.3. The summed E-state index contributed by atoms with van der Waals surface area (Å²) < 4.78 is 40.8. The lowest BCUT2D eigenvalue weighted by Gasteiger charge is -2.07. The van der Waals surface area contributed by atoms with Crippen LogP contribution in [0.1, 0.15) is 5.69 Å². The van der Waals surface area contributed by atoms with Crippen molar-refractivity contribution >= 4 is 11.6 Å². The first kappa shape index (κ1) is 10.1. The Morgan fingerprint density at radius 2 is 2.08 bits per heavy atom. The van der Waals surface area contributed by atoms with E-state index in [1.807, 2.05) is 0 Å². The van der Waals surface area contributed by atoms with E-state index >= 15 is 0 Å². The van der Waals surface area contributed by atoms with Crippen LogP contribution in [0.2, 0.25) is 5.02 Å². The largest absolute Gasteiger partial charge is 0.495 e. The van der Waals surface area contributed by atoms with E-state index in [0.717, 1.165) is 12.3 Å². The van der Waals surface area contributed by atoms with Gasteiger partial charge in [-0.1, -0.05) is 11.6 Å². The highest BCUT2D eigenvalue weighted by molar-refractivity contribution is 6.31. The summed E-state index contributed by atoms with van der Waals surface area (Å²) in [5.74, 6) is -0.0380. The molecule has 0 saturated heterocycles. The molecule has 13 heavy (non-hydrogen) atoms. The Morgan fingerprint density at radius 3 is 2.54 bits per heavy atom. The summed E-state index contributed by atoms with van der Waals surface area (Å²) >= 11 is 5.49. The monoisotopic (exact) mass is 211 g/mol. The molecule has 0 saturated carbocycles. The van der Waals surface area contributed by atoms with Crippen LogP contribution in [0.25, 0.3) is 0 Å². The van der Waals surface area contributed by atoms with E-state index in [-0.39, 0.29) is 10.8 Å². The van der Waals surface area contributed by atoms with Crippen molar-refractivity contribution < 1.29 is 17.9 Å². The van der Waals surface area contributed by atoms with Crippen molar-refractivity contribution in [2.24, 2.45) is 0 Å². The van der Waals surface area contributed by atoms with Crippen LogP contribution in [0, 0.1) is 0 Å². The maximum absolute atomic E-state index is 12.1. The molecule has 1 aromatic heterocycles. The van der Waals surface area contributed by atoms with Gasteiger partial charge < -0.3 is 4.74 Å². The fourth-order valence-electron chi connectivity index (χ4n) is 0.732. The summed E-state index contributed by atoms with van der Waals surface area (Å²) in [7, 11) is 1.24. The first-order valence-electron chi connectivity index (χ1n) is 3.22. The summed E-state index contributed by atoms with van der Waals surface area (Å²) in [5.41, 5.74) is -1.02. The number of hydrogen-bond acceptors (Lipinski definition) is 2. The highest BCUT2D eigenvalue weighted by Crippen LogP contribution is 2.32. The minimum atomic E-state index is -4.47. The number of halogens is 4. The van der Waals surface area contributed by atoms with Crippen molar-refractivity contribution in [3.8, 4) is 5.75 Å². The summed E-state index contributed by atoms with van der Waals surface area (Å²) in [6, 6.07) is 0.752. The quantitative estimate of drug-likeness (QED) is 0.713. The van der Waals surface area contributed by atoms with Crippen LogP contribution < -0.4 is 4.74 Å². The second-order valence-corrected chi connectivity index (χ2v) is 2.61. The van der Waals surface area contributed by atoms with Gasteiger partial charge in [-0.15, -0.1) is 0 Å². The molecule has 2 nitrogen and oxygen atoms in total. The summed E-state index contributed by atoms with van der Waals surface area (Å²) in [5, 5.41) is 0.0514. The van der Waals surface area contributed by atoms with E-state index in [0.29, 0.717) is 0 Å². The first-order chi connectivity index (χ1) is 5.95. The van der Waals surface area contributed by atoms with Crippen LogP contribution in [0.4, 0.5) is 13.2 Å². The lowest BCUT2D eigenvalue weighted by Crippen LogP contribution is -2.07. The minimum Gasteiger partial charge on any atom is -0.495 e. The molecule has 0 spiro atoms. The predicted octanol–water partition coefficient (Wildman–Crippen LogP) is 2.76. The molecule has 0 aliphatic carbocycles. The smallest absolute Gasteiger partial charge is 0.433 e. The number of methoxy groups -OCH3 is 1. The van der Waals surface area contributed by atoms with Crippen molar-refractivity contribution in [2.75, 3.05) is 7.11 Å². The van der Waals surface area contributed by atoms with E-state index in [1.54, 1.807) is 0 Å². The van der Waals surface area contributed by atoms with Gasteiger partial charge in [-0.3, -0.25) is 0 Å². The van der Waals surface area contributed by atoms with E-state index < -0.39 is 11.9 Å². The predicted molar refractivity (Wildman–Crippen MR) is 40.8 cm³/mol. The Bertz CT molecular complexity index is 313. The van der Waals surface area contributed by atoms with Crippen LogP contribution in [-0.4, -0.2) is 12.1 Å². The summed E-state index contributed by atoms with van der Waals surface area (Å²) in [4.78, 5) is 3.12. The molecule has 0 fully saturated rings. The molecule has 6 heteroatoms. The van der Waals surface area contributed by atoms with Crippen molar-refractivity contribution in [3.05, 3.63) is 23.0 Å². The van der Waals surface area contributed by atoms with E-state index in [2.05, 4.69) is 9.72 Å². The molecule has 0 aromatic carbocycles. The average Bonchev–Trinajstić information content (AvgIpc) is 2.03. The van der Waals surface area contributed by atoms with Gasteiger partial charge in [0.05, 0.1) is 7.11 Å². The molecular formula is C7H5ClF3NO. The Labute approximate surface area is 77.3 Å². The molecule has 0 aliphatic rings. The van der Waals surface area contributed by atoms with E-state index in [4.69, 9.17) is 11.6 Å². The second-order valence-electron chi connectivity index (χ2n) is 2.20. The van der Waals surface area contributed by atoms with Crippen molar-refractivity contribution in [3.63, 3.8) is 0 Å². The molecule has 1 aromatic rings. The van der Waals surface area contributed by atoms with Gasteiger partial charge in [0.1, 0.15) is 16.5 Å². The molecule has 0 unspecified atom stereocenters. The van der Waals surface area contributed by atoms with E-state index in [1.165, 1.54) is 7.11 Å². The third-order valence-corrected chi connectivity index (χ3v) is 1.61. The highest BCUT2D eigenvalue weighted by Gasteiger charge is 2.33. The number of ether oxygens (including phenoxy) is 1. The lowest BCUT2D eigenvalue weighted by molar-refractivity contribution is -0.141. The Kier molecular flexibility index (Phi) is 2.66. The molecule has 0 N–H and O–H groups in total. The van der Waals surface area contributed by atoms with Gasteiger partial charge in [-0.05, 0) is 0 Å². The topological polar surface area (TPSA) is 22.1 Å². The molecular weight excluding hydrogens is 207 g/mol. The third-order valence-electron chi connectivity index (χ3n) is 1.33. The zero-order valence-corrected chi connectivity index (χ0v) is 7.28. The number of hydrogen-bond donors (Lipinski definition) is 0. The summed E-state index contributed by atoms with van der Waals surface area (Å²) in [6.45, 7) is 0. The molecule has 0 amide bonds. The molecule has 0 atom stereocenters. The van der Waals surface area contributed by atoms with Gasteiger partial charge in [0.2, 0.25) is 0 Å². The molecule has 0 bridgehead atoms. The van der Waals surface area contributed by atoms with Crippen LogP contribution in [0.15, 0.2) is 12.3 Å². The normalized spacial score (nSPS) is 11.5. The van der Waals surface area contributed by atoms with Gasteiger partial charge in [0, 0.05) is 12.3 Å². The molecule has 1 heterocycles. The fourth-order valence-corrected chi connectivity index (χ4v) is 0.912. The number of alkyl halides is 3. The van der Waals surface area contributed by atoms with Gasteiger partial charge in [0.15, 0.2) is 0 Å². The van der Waals surface area contributed by atoms with Crippen LogP contribution in [-0.2, 0) is 6.18 Å². The van der Waals surface area contributed by atoms with Gasteiger partial charge in [0.25, 0.3) is 0 Å². The first-order valence-corrected chi connectivity index (χ1v) is 3.59. The van der Waals surface area contributed by atoms with Gasteiger partial charge in [-0.25, -0.2) is 4.98 Å². The molecule has 0 aliphatic heterocycles. The van der Waals surface area contributed by atoms with Crippen molar-refractivity contribution in [1.82, 2.24) is 4.98 Å². The fraction of sp³-hybridized carbons (Fsp3) is 0.286. The third kappa shape index (κ3) is 2.24. The Morgan fingerprint density at radius 1 is 1.46 bits per heavy atom. The van der Waals surface area contributed by atoms with Crippen LogP contribution >= 0.6 is 11.6 Å². The zero-order valence-electron chi connectivity index (χ0n) is 6.52. The van der Waals surface area contributed by atoms with Crippen molar-refractivity contribution in [1.29, 1.82) is 0 Å². The Hall–Kier alpha value is -0.970. The average molecular weight is 212 g/mol. The molecule has 0 radical (unpaired) electrons. The summed E-state index contributed by atoms with van der Waals surface area (Å²) in [6.07, 6.45) is -3.57. The number of pyridine rings is 1. The van der Waals surface area contributed by atoms with Crippen LogP contribution in [0.5, 0.6) is 5.75 Å².